The number of nitrogens with one attached hydrogen (secondary N) is 2. The fourth-order valence-corrected chi connectivity index (χ4v) is 6.64. The quantitative estimate of drug-likeness (QED) is 0.463. The van der Waals surface area contributed by atoms with Gasteiger partial charge in [-0.25, -0.2) is 0 Å². The Morgan fingerprint density at radius 1 is 0.879 bits per heavy atom. The molecule has 0 radical (unpaired) electrons. The van der Waals surface area contributed by atoms with Crippen LogP contribution in [0.25, 0.3) is 0 Å². The molecule has 4 heteroatoms. The fourth-order valence-electron chi connectivity index (χ4n) is 6.64. The van der Waals surface area contributed by atoms with E-state index < -0.39 is 0 Å². The minimum atomic E-state index is -0.136. The van der Waals surface area contributed by atoms with E-state index in [-0.39, 0.29) is 11.7 Å². The van der Waals surface area contributed by atoms with Gasteiger partial charge in [-0.2, -0.15) is 0 Å². The van der Waals surface area contributed by atoms with Crippen molar-refractivity contribution in [1.82, 2.24) is 0 Å². The predicted molar refractivity (Wildman–Crippen MR) is 131 cm³/mol. The first-order chi connectivity index (χ1) is 16.1. The van der Waals surface area contributed by atoms with Crippen LogP contribution >= 0.6 is 0 Å². The second-order valence-corrected chi connectivity index (χ2v) is 9.86. The van der Waals surface area contributed by atoms with E-state index in [9.17, 15) is 9.59 Å². The number of Topliss-reactive ketones (excluding diaryl/α,β-unsaturated/α-hetero) is 1. The van der Waals surface area contributed by atoms with Gasteiger partial charge in [0.05, 0.1) is 6.04 Å². The molecule has 6 rings (SSSR count). The number of ketones is 1. The van der Waals surface area contributed by atoms with Crippen molar-refractivity contribution in [3.63, 3.8) is 0 Å². The second-order valence-electron chi connectivity index (χ2n) is 9.86. The summed E-state index contributed by atoms with van der Waals surface area (Å²) in [7, 11) is 0. The summed E-state index contributed by atoms with van der Waals surface area (Å²) in [6.45, 7) is 1.53. The molecular weight excluding hydrogens is 408 g/mol. The van der Waals surface area contributed by atoms with Crippen LogP contribution in [0, 0.1) is 17.8 Å². The summed E-state index contributed by atoms with van der Waals surface area (Å²) in [6, 6.07) is 24.3. The zero-order valence-electron chi connectivity index (χ0n) is 18.8. The minimum Gasteiger partial charge on any atom is -0.378 e. The average Bonchev–Trinajstić information content (AvgIpc) is 3.47. The molecule has 166 valence electrons. The number of carbonyl (C=O) groups excluding carboxylic acids is 2. The SMILES string of the molecule is CC(=O)c1cccc(NC(=O)c2ccc3c(c2)[C@H]2[C@@H]4CC[C@@H](C4)[C@@H]2[C@H](c2ccccc2)N3)c1. The van der Waals surface area contributed by atoms with Crippen LogP contribution in [0.5, 0.6) is 0 Å². The van der Waals surface area contributed by atoms with Crippen LogP contribution in [-0.4, -0.2) is 11.7 Å². The first-order valence-corrected chi connectivity index (χ1v) is 12.0. The summed E-state index contributed by atoms with van der Waals surface area (Å²) >= 11 is 0. The number of hydrogen-bond donors (Lipinski definition) is 2. The summed E-state index contributed by atoms with van der Waals surface area (Å²) in [4.78, 5) is 24.8. The molecule has 1 amide bonds. The lowest BCUT2D eigenvalue weighted by Crippen LogP contribution is -2.35. The molecule has 1 heterocycles. The number of amides is 1. The van der Waals surface area contributed by atoms with Crippen LogP contribution in [0.2, 0.25) is 0 Å². The lowest BCUT2D eigenvalue weighted by molar-refractivity contribution is 0.101. The van der Waals surface area contributed by atoms with Crippen LogP contribution < -0.4 is 10.6 Å². The highest BCUT2D eigenvalue weighted by atomic mass is 16.1. The summed E-state index contributed by atoms with van der Waals surface area (Å²) in [6.07, 6.45) is 3.91. The molecule has 3 aliphatic rings. The van der Waals surface area contributed by atoms with Crippen molar-refractivity contribution in [1.29, 1.82) is 0 Å². The van der Waals surface area contributed by atoms with Crippen molar-refractivity contribution in [3.8, 4) is 0 Å². The Morgan fingerprint density at radius 3 is 2.52 bits per heavy atom. The second kappa shape index (κ2) is 7.87. The Bertz CT molecular complexity index is 1240. The zero-order chi connectivity index (χ0) is 22.5. The Hall–Kier alpha value is -3.40. The molecule has 2 aliphatic carbocycles. The molecule has 2 saturated carbocycles. The third-order valence-electron chi connectivity index (χ3n) is 8.04. The van der Waals surface area contributed by atoms with Gasteiger partial charge in [0.15, 0.2) is 5.78 Å². The van der Waals surface area contributed by atoms with Crippen molar-refractivity contribution in [2.45, 2.75) is 38.1 Å². The first-order valence-electron chi connectivity index (χ1n) is 12.0. The molecule has 0 aromatic heterocycles. The number of benzene rings is 3. The standard InChI is InChI=1S/C29H28N2O2/c1-17(32)19-8-5-9-23(15-19)30-29(33)22-12-13-25-24(16-22)26-20-10-11-21(14-20)27(26)28(31-25)18-6-3-2-4-7-18/h2-9,12-13,15-16,20-21,26-28,31H,10-11,14H2,1H3,(H,30,33)/t20-,21+,26-,27+,28+/m1/s1. The smallest absolute Gasteiger partial charge is 0.255 e. The van der Waals surface area contributed by atoms with Crippen LogP contribution in [0.4, 0.5) is 11.4 Å². The van der Waals surface area contributed by atoms with E-state index in [0.717, 1.165) is 11.6 Å². The molecule has 1 aliphatic heterocycles. The van der Waals surface area contributed by atoms with Gasteiger partial charge in [-0.05, 0) is 91.3 Å². The highest BCUT2D eigenvalue weighted by molar-refractivity contribution is 6.05. The molecule has 0 saturated heterocycles. The van der Waals surface area contributed by atoms with Crippen LogP contribution in [0.15, 0.2) is 72.8 Å². The van der Waals surface area contributed by atoms with Gasteiger partial charge in [-0.3, -0.25) is 9.59 Å². The molecule has 33 heavy (non-hydrogen) atoms. The first kappa shape index (κ1) is 20.2. The maximum Gasteiger partial charge on any atom is 0.255 e. The molecular formula is C29H28N2O2. The van der Waals surface area contributed by atoms with Gasteiger partial charge in [0.25, 0.3) is 5.91 Å². The number of carbonyl (C=O) groups is 2. The van der Waals surface area contributed by atoms with E-state index in [2.05, 4.69) is 53.1 Å². The van der Waals surface area contributed by atoms with Crippen molar-refractivity contribution in [2.24, 2.45) is 17.8 Å². The van der Waals surface area contributed by atoms with E-state index >= 15 is 0 Å². The number of hydrogen-bond acceptors (Lipinski definition) is 3. The van der Waals surface area contributed by atoms with Gasteiger partial charge >= 0.3 is 0 Å². The number of fused-ring (bicyclic) bond motifs is 7. The fraction of sp³-hybridized carbons (Fsp3) is 0.310. The molecule has 4 nitrogen and oxygen atoms in total. The van der Waals surface area contributed by atoms with Gasteiger partial charge in [0, 0.05) is 22.5 Å². The van der Waals surface area contributed by atoms with E-state index in [1.807, 2.05) is 12.1 Å². The molecule has 2 fully saturated rings. The maximum absolute atomic E-state index is 13.1. The third-order valence-corrected chi connectivity index (χ3v) is 8.04. The largest absolute Gasteiger partial charge is 0.378 e. The Morgan fingerprint density at radius 2 is 1.70 bits per heavy atom. The number of anilines is 2. The molecule has 0 spiro atoms. The normalized spacial score (nSPS) is 26.8. The lowest BCUT2D eigenvalue weighted by Gasteiger charge is -2.43. The van der Waals surface area contributed by atoms with Crippen LogP contribution in [0.1, 0.15) is 70.0 Å². The zero-order valence-corrected chi connectivity index (χ0v) is 18.8. The number of rotatable bonds is 4. The summed E-state index contributed by atoms with van der Waals surface area (Å²) in [5.74, 6) is 2.38. The summed E-state index contributed by atoms with van der Waals surface area (Å²) < 4.78 is 0. The van der Waals surface area contributed by atoms with E-state index in [1.54, 1.807) is 18.2 Å². The highest BCUT2D eigenvalue weighted by Crippen LogP contribution is 2.63. The lowest BCUT2D eigenvalue weighted by atomic mass is 9.68. The van der Waals surface area contributed by atoms with Gasteiger partial charge in [-0.1, -0.05) is 42.5 Å². The Labute approximate surface area is 194 Å². The van der Waals surface area contributed by atoms with E-state index in [0.29, 0.717) is 40.6 Å². The van der Waals surface area contributed by atoms with Gasteiger partial charge in [0.2, 0.25) is 0 Å². The molecule has 3 aromatic rings. The highest BCUT2D eigenvalue weighted by Gasteiger charge is 2.53. The molecule has 5 atom stereocenters. The molecule has 3 aromatic carbocycles. The van der Waals surface area contributed by atoms with Crippen molar-refractivity contribution >= 4 is 23.1 Å². The predicted octanol–water partition coefficient (Wildman–Crippen LogP) is 6.44. The summed E-state index contributed by atoms with van der Waals surface area (Å²) in [5, 5.41) is 6.81. The third kappa shape index (κ3) is 3.45. The average molecular weight is 437 g/mol. The van der Waals surface area contributed by atoms with Crippen LogP contribution in [0.3, 0.4) is 0 Å². The minimum absolute atomic E-state index is 0.0127. The monoisotopic (exact) mass is 436 g/mol. The Balaban J connectivity index is 1.33. The Kier molecular flexibility index (Phi) is 4.83. The van der Waals surface area contributed by atoms with Gasteiger partial charge in [-0.15, -0.1) is 0 Å². The maximum atomic E-state index is 13.1. The van der Waals surface area contributed by atoms with E-state index in [1.165, 1.54) is 37.3 Å². The molecule has 2 N–H and O–H groups in total. The topological polar surface area (TPSA) is 58.2 Å². The molecule has 2 bridgehead atoms. The van der Waals surface area contributed by atoms with E-state index in [4.69, 9.17) is 0 Å². The van der Waals surface area contributed by atoms with Crippen molar-refractivity contribution < 1.29 is 9.59 Å². The van der Waals surface area contributed by atoms with Crippen molar-refractivity contribution in [2.75, 3.05) is 10.6 Å². The molecule has 0 unspecified atom stereocenters. The van der Waals surface area contributed by atoms with Crippen molar-refractivity contribution in [3.05, 3.63) is 95.1 Å². The van der Waals surface area contributed by atoms with Gasteiger partial charge in [0.1, 0.15) is 0 Å². The van der Waals surface area contributed by atoms with Gasteiger partial charge < -0.3 is 10.6 Å². The van der Waals surface area contributed by atoms with Crippen LogP contribution in [-0.2, 0) is 0 Å². The summed E-state index contributed by atoms with van der Waals surface area (Å²) in [5.41, 5.74) is 5.73.